The number of ketones is 1. The Kier molecular flexibility index (Phi) is 3.85. The third kappa shape index (κ3) is 2.82. The van der Waals surface area contributed by atoms with Crippen LogP contribution < -0.4 is 0 Å². The summed E-state index contributed by atoms with van der Waals surface area (Å²) < 4.78 is 0. The number of aromatic nitrogens is 1. The van der Waals surface area contributed by atoms with Gasteiger partial charge in [0.15, 0.2) is 11.5 Å². The van der Waals surface area contributed by atoms with Crippen molar-refractivity contribution >= 4 is 22.7 Å². The van der Waals surface area contributed by atoms with Gasteiger partial charge in [0, 0.05) is 11.8 Å². The zero-order chi connectivity index (χ0) is 15.6. The van der Waals surface area contributed by atoms with Crippen molar-refractivity contribution in [2.24, 2.45) is 0 Å². The Hall–Kier alpha value is -2.94. The Labute approximate surface area is 120 Å². The van der Waals surface area contributed by atoms with Gasteiger partial charge in [-0.05, 0) is 18.6 Å². The van der Waals surface area contributed by atoms with Crippen LogP contribution in [0.4, 0.5) is 0 Å². The molecule has 0 saturated carbocycles. The SMILES string of the molecule is Cc1ccc2c(C#N)c(O)c(C(=O)CCC(=O)O)nc2c1. The second-order valence-corrected chi connectivity index (χ2v) is 4.63. The Morgan fingerprint density at radius 2 is 2.05 bits per heavy atom. The lowest BCUT2D eigenvalue weighted by molar-refractivity contribution is -0.136. The van der Waals surface area contributed by atoms with Crippen LogP contribution in [0.15, 0.2) is 18.2 Å². The zero-order valence-electron chi connectivity index (χ0n) is 11.3. The van der Waals surface area contributed by atoms with E-state index in [-0.39, 0.29) is 24.1 Å². The van der Waals surface area contributed by atoms with Crippen molar-refractivity contribution in [3.8, 4) is 11.8 Å². The minimum absolute atomic E-state index is 0.0290. The average Bonchev–Trinajstić information content (AvgIpc) is 2.44. The Morgan fingerprint density at radius 3 is 2.67 bits per heavy atom. The van der Waals surface area contributed by atoms with Crippen LogP contribution in [-0.4, -0.2) is 26.9 Å². The summed E-state index contributed by atoms with van der Waals surface area (Å²) in [6.45, 7) is 1.84. The molecule has 6 heteroatoms. The third-order valence-corrected chi connectivity index (χ3v) is 3.06. The molecular formula is C15H12N2O4. The molecular weight excluding hydrogens is 272 g/mol. The number of rotatable bonds is 4. The second kappa shape index (κ2) is 5.59. The maximum absolute atomic E-state index is 12.0. The molecule has 0 radical (unpaired) electrons. The summed E-state index contributed by atoms with van der Waals surface area (Å²) in [7, 11) is 0. The average molecular weight is 284 g/mol. The van der Waals surface area contributed by atoms with Gasteiger partial charge in [-0.25, -0.2) is 4.98 Å². The Balaban J connectivity index is 2.59. The number of benzene rings is 1. The molecule has 0 saturated heterocycles. The standard InChI is InChI=1S/C15H12N2O4/c1-8-2-3-9-10(7-16)15(21)14(17-11(9)6-8)12(18)4-5-13(19)20/h2-3,6,21H,4-5H2,1H3,(H,19,20). The van der Waals surface area contributed by atoms with E-state index in [4.69, 9.17) is 10.4 Å². The number of carbonyl (C=O) groups excluding carboxylic acids is 1. The largest absolute Gasteiger partial charge is 0.504 e. The number of aryl methyl sites for hydroxylation is 1. The number of pyridine rings is 1. The number of fused-ring (bicyclic) bond motifs is 1. The quantitative estimate of drug-likeness (QED) is 0.832. The lowest BCUT2D eigenvalue weighted by Gasteiger charge is -2.08. The third-order valence-electron chi connectivity index (χ3n) is 3.06. The molecule has 1 heterocycles. The van der Waals surface area contributed by atoms with Crippen molar-refractivity contribution < 1.29 is 19.8 Å². The molecule has 0 fully saturated rings. The summed E-state index contributed by atoms with van der Waals surface area (Å²) in [4.78, 5) is 26.6. The van der Waals surface area contributed by atoms with Gasteiger partial charge in [0.2, 0.25) is 0 Å². The van der Waals surface area contributed by atoms with E-state index in [0.29, 0.717) is 10.9 Å². The summed E-state index contributed by atoms with van der Waals surface area (Å²) in [6, 6.07) is 6.99. The lowest BCUT2D eigenvalue weighted by atomic mass is 10.0. The molecule has 2 N–H and O–H groups in total. The smallest absolute Gasteiger partial charge is 0.303 e. The van der Waals surface area contributed by atoms with Gasteiger partial charge in [0.1, 0.15) is 17.3 Å². The lowest BCUT2D eigenvalue weighted by Crippen LogP contribution is -2.07. The Bertz CT molecular complexity index is 790. The van der Waals surface area contributed by atoms with E-state index >= 15 is 0 Å². The highest BCUT2D eigenvalue weighted by atomic mass is 16.4. The first-order valence-electron chi connectivity index (χ1n) is 6.22. The van der Waals surface area contributed by atoms with Crippen LogP contribution in [0, 0.1) is 18.3 Å². The molecule has 2 rings (SSSR count). The number of carboxylic acids is 1. The molecule has 2 aromatic rings. The summed E-state index contributed by atoms with van der Waals surface area (Å²) in [5.74, 6) is -2.21. The van der Waals surface area contributed by atoms with Gasteiger partial charge in [-0.3, -0.25) is 9.59 Å². The number of carboxylic acid groups (broad SMARTS) is 1. The molecule has 0 aliphatic carbocycles. The van der Waals surface area contributed by atoms with E-state index < -0.39 is 17.5 Å². The molecule has 0 aliphatic heterocycles. The van der Waals surface area contributed by atoms with Crippen molar-refractivity contribution in [3.05, 3.63) is 35.0 Å². The van der Waals surface area contributed by atoms with Crippen molar-refractivity contribution in [3.63, 3.8) is 0 Å². The fraction of sp³-hybridized carbons (Fsp3) is 0.200. The van der Waals surface area contributed by atoms with Crippen molar-refractivity contribution in [1.29, 1.82) is 5.26 Å². The van der Waals surface area contributed by atoms with Gasteiger partial charge in [-0.1, -0.05) is 12.1 Å². The molecule has 0 aliphatic rings. The fourth-order valence-electron chi connectivity index (χ4n) is 2.01. The molecule has 1 aromatic heterocycles. The van der Waals surface area contributed by atoms with Crippen LogP contribution in [0.1, 0.15) is 34.5 Å². The van der Waals surface area contributed by atoms with Crippen LogP contribution in [0.25, 0.3) is 10.9 Å². The van der Waals surface area contributed by atoms with Crippen LogP contribution in [0.2, 0.25) is 0 Å². The number of carbonyl (C=O) groups is 2. The Morgan fingerprint density at radius 1 is 1.33 bits per heavy atom. The first-order valence-corrected chi connectivity index (χ1v) is 6.22. The van der Waals surface area contributed by atoms with E-state index in [1.807, 2.05) is 13.0 Å². The second-order valence-electron chi connectivity index (χ2n) is 4.63. The molecule has 106 valence electrons. The minimum Gasteiger partial charge on any atom is -0.504 e. The molecule has 1 aromatic carbocycles. The first kappa shape index (κ1) is 14.5. The van der Waals surface area contributed by atoms with Crippen LogP contribution in [0.5, 0.6) is 5.75 Å². The molecule has 0 atom stereocenters. The van der Waals surface area contributed by atoms with E-state index in [9.17, 15) is 14.7 Å². The summed E-state index contributed by atoms with van der Waals surface area (Å²) in [6.07, 6.45) is -0.633. The maximum atomic E-state index is 12.0. The number of Topliss-reactive ketones (excluding diaryl/α,β-unsaturated/α-hetero) is 1. The van der Waals surface area contributed by atoms with Gasteiger partial charge in [0.05, 0.1) is 11.9 Å². The van der Waals surface area contributed by atoms with E-state index in [1.54, 1.807) is 18.2 Å². The highest BCUT2D eigenvalue weighted by Gasteiger charge is 2.20. The van der Waals surface area contributed by atoms with Crippen molar-refractivity contribution in [1.82, 2.24) is 4.98 Å². The monoisotopic (exact) mass is 284 g/mol. The highest BCUT2D eigenvalue weighted by Crippen LogP contribution is 2.29. The highest BCUT2D eigenvalue weighted by molar-refractivity contribution is 6.02. The number of nitrogens with zero attached hydrogens (tertiary/aromatic N) is 2. The van der Waals surface area contributed by atoms with E-state index in [0.717, 1.165) is 5.56 Å². The van der Waals surface area contributed by atoms with Gasteiger partial charge in [0.25, 0.3) is 0 Å². The molecule has 21 heavy (non-hydrogen) atoms. The predicted octanol–water partition coefficient (Wildman–Crippen LogP) is 2.17. The summed E-state index contributed by atoms with van der Waals surface area (Å²) in [5, 5.41) is 28.3. The van der Waals surface area contributed by atoms with Crippen LogP contribution >= 0.6 is 0 Å². The first-order chi connectivity index (χ1) is 9.93. The molecule has 6 nitrogen and oxygen atoms in total. The molecule has 0 unspecified atom stereocenters. The molecule has 0 amide bonds. The number of aliphatic carboxylic acids is 1. The van der Waals surface area contributed by atoms with Crippen LogP contribution in [-0.2, 0) is 4.79 Å². The fourth-order valence-corrected chi connectivity index (χ4v) is 2.01. The summed E-state index contributed by atoms with van der Waals surface area (Å²) >= 11 is 0. The van der Waals surface area contributed by atoms with Crippen LogP contribution in [0.3, 0.4) is 0 Å². The molecule has 0 spiro atoms. The normalized spacial score (nSPS) is 10.3. The minimum atomic E-state index is -1.11. The van der Waals surface area contributed by atoms with E-state index in [2.05, 4.69) is 4.98 Å². The van der Waals surface area contributed by atoms with E-state index in [1.165, 1.54) is 0 Å². The zero-order valence-corrected chi connectivity index (χ0v) is 11.3. The van der Waals surface area contributed by atoms with Crippen molar-refractivity contribution in [2.75, 3.05) is 0 Å². The number of hydrogen-bond donors (Lipinski definition) is 2. The number of hydrogen-bond acceptors (Lipinski definition) is 5. The number of nitriles is 1. The van der Waals surface area contributed by atoms with Crippen molar-refractivity contribution in [2.45, 2.75) is 19.8 Å². The topological polar surface area (TPSA) is 111 Å². The van der Waals surface area contributed by atoms with Gasteiger partial charge >= 0.3 is 5.97 Å². The van der Waals surface area contributed by atoms with Gasteiger partial charge in [-0.2, -0.15) is 5.26 Å². The predicted molar refractivity (Wildman–Crippen MR) is 74.1 cm³/mol. The van der Waals surface area contributed by atoms with Gasteiger partial charge < -0.3 is 10.2 Å². The number of aromatic hydroxyl groups is 1. The summed E-state index contributed by atoms with van der Waals surface area (Å²) in [5.41, 5.74) is 1.03. The molecule has 0 bridgehead atoms. The van der Waals surface area contributed by atoms with Gasteiger partial charge in [-0.15, -0.1) is 0 Å². The maximum Gasteiger partial charge on any atom is 0.303 e.